The fourth-order valence-electron chi connectivity index (χ4n) is 2.60. The van der Waals surface area contributed by atoms with Gasteiger partial charge in [0.25, 0.3) is 0 Å². The standard InChI is InChI=1S/C15H23NO2/c17-14-9-8-12(10-15(14)18)11-16-13-6-4-2-1-3-5-7-13/h8-10,13,16-18H,1-7,11H2. The molecule has 1 aromatic rings. The van der Waals surface area contributed by atoms with Gasteiger partial charge in [-0.2, -0.15) is 0 Å². The summed E-state index contributed by atoms with van der Waals surface area (Å²) in [4.78, 5) is 0. The summed E-state index contributed by atoms with van der Waals surface area (Å²) in [5.74, 6) is -0.0864. The lowest BCUT2D eigenvalue weighted by Gasteiger charge is -2.21. The maximum atomic E-state index is 9.44. The number of hydrogen-bond acceptors (Lipinski definition) is 3. The van der Waals surface area contributed by atoms with Gasteiger partial charge in [0.05, 0.1) is 0 Å². The van der Waals surface area contributed by atoms with E-state index in [2.05, 4.69) is 5.32 Å². The van der Waals surface area contributed by atoms with E-state index in [-0.39, 0.29) is 11.5 Å². The van der Waals surface area contributed by atoms with Gasteiger partial charge < -0.3 is 15.5 Å². The first kappa shape index (κ1) is 13.2. The molecule has 0 radical (unpaired) electrons. The van der Waals surface area contributed by atoms with Gasteiger partial charge in [0, 0.05) is 12.6 Å². The zero-order valence-electron chi connectivity index (χ0n) is 10.9. The first-order valence-electron chi connectivity index (χ1n) is 7.00. The van der Waals surface area contributed by atoms with Crippen LogP contribution in [-0.2, 0) is 6.54 Å². The van der Waals surface area contributed by atoms with Gasteiger partial charge in [0.1, 0.15) is 0 Å². The molecule has 100 valence electrons. The number of rotatable bonds is 3. The van der Waals surface area contributed by atoms with Crippen molar-refractivity contribution in [1.29, 1.82) is 0 Å². The van der Waals surface area contributed by atoms with Crippen molar-refractivity contribution in [1.82, 2.24) is 5.32 Å². The van der Waals surface area contributed by atoms with Crippen LogP contribution in [0.3, 0.4) is 0 Å². The fourth-order valence-corrected chi connectivity index (χ4v) is 2.60. The average Bonchev–Trinajstić information content (AvgIpc) is 2.32. The Morgan fingerprint density at radius 3 is 2.28 bits per heavy atom. The minimum absolute atomic E-state index is 0.0352. The van der Waals surface area contributed by atoms with Gasteiger partial charge >= 0.3 is 0 Å². The van der Waals surface area contributed by atoms with Crippen LogP contribution in [0.1, 0.15) is 50.5 Å². The molecule has 1 fully saturated rings. The van der Waals surface area contributed by atoms with Crippen LogP contribution in [0.4, 0.5) is 0 Å². The number of aromatic hydroxyl groups is 2. The monoisotopic (exact) mass is 249 g/mol. The Morgan fingerprint density at radius 1 is 0.944 bits per heavy atom. The lowest BCUT2D eigenvalue weighted by molar-refractivity contribution is 0.386. The maximum absolute atomic E-state index is 9.44. The maximum Gasteiger partial charge on any atom is 0.157 e. The summed E-state index contributed by atoms with van der Waals surface area (Å²) >= 11 is 0. The molecule has 2 rings (SSSR count). The van der Waals surface area contributed by atoms with E-state index in [9.17, 15) is 10.2 Å². The van der Waals surface area contributed by atoms with Crippen LogP contribution in [0.25, 0.3) is 0 Å². The molecular formula is C15H23NO2. The van der Waals surface area contributed by atoms with Crippen LogP contribution >= 0.6 is 0 Å². The van der Waals surface area contributed by atoms with Crippen molar-refractivity contribution in [2.24, 2.45) is 0 Å². The molecule has 3 nitrogen and oxygen atoms in total. The normalized spacial score (nSPS) is 18.2. The van der Waals surface area contributed by atoms with Crippen LogP contribution in [0, 0.1) is 0 Å². The minimum Gasteiger partial charge on any atom is -0.504 e. The summed E-state index contributed by atoms with van der Waals surface area (Å²) < 4.78 is 0. The molecule has 3 N–H and O–H groups in total. The average molecular weight is 249 g/mol. The summed E-state index contributed by atoms with van der Waals surface area (Å²) in [6.45, 7) is 0.762. The zero-order chi connectivity index (χ0) is 12.8. The summed E-state index contributed by atoms with van der Waals surface area (Å²) in [6, 6.07) is 5.63. The molecule has 0 unspecified atom stereocenters. The van der Waals surface area contributed by atoms with Crippen LogP contribution < -0.4 is 5.32 Å². The number of hydrogen-bond donors (Lipinski definition) is 3. The predicted octanol–water partition coefficient (Wildman–Crippen LogP) is 3.30. The van der Waals surface area contributed by atoms with E-state index < -0.39 is 0 Å². The van der Waals surface area contributed by atoms with Crippen molar-refractivity contribution in [2.45, 2.75) is 57.5 Å². The first-order chi connectivity index (χ1) is 8.75. The SMILES string of the molecule is Oc1ccc(CNC2CCCCCCC2)cc1O. The van der Waals surface area contributed by atoms with Crippen LogP contribution in [0.2, 0.25) is 0 Å². The molecule has 1 saturated carbocycles. The molecule has 0 atom stereocenters. The largest absolute Gasteiger partial charge is 0.504 e. The van der Waals surface area contributed by atoms with Gasteiger partial charge in [-0.15, -0.1) is 0 Å². The van der Waals surface area contributed by atoms with E-state index in [1.54, 1.807) is 12.1 Å². The highest BCUT2D eigenvalue weighted by molar-refractivity contribution is 5.40. The van der Waals surface area contributed by atoms with Crippen molar-refractivity contribution in [3.05, 3.63) is 23.8 Å². The highest BCUT2D eigenvalue weighted by Crippen LogP contribution is 2.25. The highest BCUT2D eigenvalue weighted by atomic mass is 16.3. The van der Waals surface area contributed by atoms with Crippen LogP contribution in [0.5, 0.6) is 11.5 Å². The Bertz CT molecular complexity index is 371. The van der Waals surface area contributed by atoms with Crippen LogP contribution in [0.15, 0.2) is 18.2 Å². The van der Waals surface area contributed by atoms with E-state index in [0.717, 1.165) is 12.1 Å². The topological polar surface area (TPSA) is 52.5 Å². The molecule has 18 heavy (non-hydrogen) atoms. The van der Waals surface area contributed by atoms with E-state index in [0.29, 0.717) is 6.04 Å². The second kappa shape index (κ2) is 6.64. The second-order valence-electron chi connectivity index (χ2n) is 5.25. The smallest absolute Gasteiger partial charge is 0.157 e. The lowest BCUT2D eigenvalue weighted by atomic mass is 9.96. The molecule has 0 aromatic heterocycles. The molecule has 0 bridgehead atoms. The highest BCUT2D eigenvalue weighted by Gasteiger charge is 2.10. The van der Waals surface area contributed by atoms with Gasteiger partial charge in [-0.25, -0.2) is 0 Å². The summed E-state index contributed by atoms with van der Waals surface area (Å²) in [5, 5.41) is 22.3. The van der Waals surface area contributed by atoms with E-state index in [1.165, 1.54) is 44.9 Å². The lowest BCUT2D eigenvalue weighted by Crippen LogP contribution is -2.29. The molecule has 1 aliphatic carbocycles. The zero-order valence-corrected chi connectivity index (χ0v) is 10.9. The third-order valence-electron chi connectivity index (χ3n) is 3.74. The fraction of sp³-hybridized carbons (Fsp3) is 0.600. The molecule has 1 aromatic carbocycles. The number of benzene rings is 1. The van der Waals surface area contributed by atoms with Crippen molar-refractivity contribution in [2.75, 3.05) is 0 Å². The Kier molecular flexibility index (Phi) is 4.88. The summed E-state index contributed by atoms with van der Waals surface area (Å²) in [6.07, 6.45) is 9.25. The molecule has 3 heteroatoms. The van der Waals surface area contributed by atoms with Gasteiger partial charge in [0.15, 0.2) is 11.5 Å². The van der Waals surface area contributed by atoms with Crippen molar-refractivity contribution < 1.29 is 10.2 Å². The van der Waals surface area contributed by atoms with Crippen molar-refractivity contribution in [3.63, 3.8) is 0 Å². The third kappa shape index (κ3) is 3.91. The van der Waals surface area contributed by atoms with E-state index in [4.69, 9.17) is 0 Å². The molecule has 0 aliphatic heterocycles. The Labute approximate surface area is 109 Å². The van der Waals surface area contributed by atoms with Gasteiger partial charge in [0.2, 0.25) is 0 Å². The van der Waals surface area contributed by atoms with Gasteiger partial charge in [-0.05, 0) is 30.5 Å². The predicted molar refractivity (Wildman–Crippen MR) is 72.7 cm³/mol. The number of phenolic OH excluding ortho intramolecular Hbond substituents is 2. The summed E-state index contributed by atoms with van der Waals surface area (Å²) in [7, 11) is 0. The Balaban J connectivity index is 1.83. The first-order valence-corrected chi connectivity index (χ1v) is 7.00. The minimum atomic E-state index is -0.0512. The van der Waals surface area contributed by atoms with Crippen molar-refractivity contribution in [3.8, 4) is 11.5 Å². The van der Waals surface area contributed by atoms with Gasteiger partial charge in [-0.3, -0.25) is 0 Å². The number of phenols is 2. The summed E-state index contributed by atoms with van der Waals surface area (Å²) in [5.41, 5.74) is 1.02. The Morgan fingerprint density at radius 2 is 1.61 bits per heavy atom. The third-order valence-corrected chi connectivity index (χ3v) is 3.74. The molecule has 0 saturated heterocycles. The molecule has 0 heterocycles. The molecule has 0 spiro atoms. The molecular weight excluding hydrogens is 226 g/mol. The number of nitrogens with one attached hydrogen (secondary N) is 1. The van der Waals surface area contributed by atoms with Gasteiger partial charge in [-0.1, -0.05) is 38.2 Å². The second-order valence-corrected chi connectivity index (χ2v) is 5.25. The van der Waals surface area contributed by atoms with E-state index >= 15 is 0 Å². The molecule has 1 aliphatic rings. The Hall–Kier alpha value is -1.22. The molecule has 0 amide bonds. The van der Waals surface area contributed by atoms with E-state index in [1.807, 2.05) is 6.07 Å². The van der Waals surface area contributed by atoms with Crippen LogP contribution in [-0.4, -0.2) is 16.3 Å². The van der Waals surface area contributed by atoms with Crippen molar-refractivity contribution >= 4 is 0 Å². The quantitative estimate of drug-likeness (QED) is 0.720.